The fourth-order valence-corrected chi connectivity index (χ4v) is 9.53. The highest BCUT2D eigenvalue weighted by Gasteiger charge is 2.42. The first-order valence-electron chi connectivity index (χ1n) is 29.1. The minimum absolute atomic E-state index is 0.0186. The average Bonchev–Trinajstić information content (AvgIpc) is 1.92. The number of primary amides is 1. The monoisotopic (exact) mass is 1260 g/mol. The lowest BCUT2D eigenvalue weighted by Gasteiger charge is -2.32. The van der Waals surface area contributed by atoms with Crippen molar-refractivity contribution in [3.63, 3.8) is 0 Å². The topological polar surface area (TPSA) is 487 Å². The van der Waals surface area contributed by atoms with Gasteiger partial charge >= 0.3 is 11.9 Å². The van der Waals surface area contributed by atoms with Crippen LogP contribution in [-0.4, -0.2) is 194 Å². The van der Waals surface area contributed by atoms with Gasteiger partial charge in [0.1, 0.15) is 60.1 Å². The van der Waals surface area contributed by atoms with E-state index in [9.17, 15) is 87.9 Å². The van der Waals surface area contributed by atoms with E-state index in [1.54, 1.807) is 86.6 Å². The van der Waals surface area contributed by atoms with Crippen molar-refractivity contribution in [2.75, 3.05) is 19.7 Å². The molecule has 3 aromatic rings. The zero-order chi connectivity index (χ0) is 66.9. The number of carboxylic acid groups (broad SMARTS) is 2. The summed E-state index contributed by atoms with van der Waals surface area (Å²) in [6.45, 7) is 5.51. The second-order valence-electron chi connectivity index (χ2n) is 22.4. The Balaban J connectivity index is 1.39. The molecule has 0 unspecified atom stereocenters. The molecule has 3 aromatic carbocycles. The number of hydrogen-bond donors (Lipinski definition) is 16. The summed E-state index contributed by atoms with van der Waals surface area (Å²) >= 11 is 0. The molecule has 490 valence electrons. The molecule has 4 rings (SSSR count). The first kappa shape index (κ1) is 72.9. The third-order valence-corrected chi connectivity index (χ3v) is 14.5. The van der Waals surface area contributed by atoms with Gasteiger partial charge in [0.15, 0.2) is 0 Å². The number of aliphatic carboxylic acids is 2. The third-order valence-electron chi connectivity index (χ3n) is 14.5. The smallest absolute Gasteiger partial charge is 0.326 e. The van der Waals surface area contributed by atoms with Crippen molar-refractivity contribution in [1.29, 1.82) is 0 Å². The molecule has 90 heavy (non-hydrogen) atoms. The summed E-state index contributed by atoms with van der Waals surface area (Å²) in [4.78, 5) is 174. The highest BCUT2D eigenvalue weighted by atomic mass is 16.4. The third kappa shape index (κ3) is 23.2. The van der Waals surface area contributed by atoms with E-state index in [4.69, 9.17) is 11.5 Å². The molecule has 11 atom stereocenters. The van der Waals surface area contributed by atoms with Crippen molar-refractivity contribution >= 4 is 76.9 Å². The van der Waals surface area contributed by atoms with Gasteiger partial charge in [0, 0.05) is 25.8 Å². The van der Waals surface area contributed by atoms with Crippen LogP contribution in [0.5, 0.6) is 5.75 Å². The van der Waals surface area contributed by atoms with Gasteiger partial charge in [-0.15, -0.1) is 0 Å². The number of carboxylic acids is 2. The predicted octanol–water partition coefficient (Wildman–Crippen LogP) is -3.76. The van der Waals surface area contributed by atoms with Crippen LogP contribution < -0.4 is 59.3 Å². The SMILES string of the molecule is CC(C)[C@H](NC(=O)[C@H](CC(N)=O)NC(=O)[C@@H](NC(=O)[C@@H]1CCCN1C(=O)[C@@H](NC(=O)[C@@H](N)Cc1ccc(O)cc1)C(C)C)[C@@H](C)O)C(=O)NCC(=O)N[C@@H](CO)C(=O)N[C@@H](CCC(=O)O)C(=O)N[C@@H](Cc1ccccc1)C(=O)N[C@@H](Cc1ccccc1)C(=O)O. The summed E-state index contributed by atoms with van der Waals surface area (Å²) in [6, 6.07) is 7.63. The largest absolute Gasteiger partial charge is 0.508 e. The summed E-state index contributed by atoms with van der Waals surface area (Å²) in [5.41, 5.74) is 13.4. The van der Waals surface area contributed by atoms with E-state index in [0.717, 1.165) is 6.92 Å². The van der Waals surface area contributed by atoms with E-state index in [-0.39, 0.29) is 38.0 Å². The van der Waals surface area contributed by atoms with Gasteiger partial charge in [0.2, 0.25) is 65.0 Å². The fourth-order valence-electron chi connectivity index (χ4n) is 9.53. The van der Waals surface area contributed by atoms with E-state index >= 15 is 0 Å². The lowest BCUT2D eigenvalue weighted by atomic mass is 10.00. The van der Waals surface area contributed by atoms with Crippen molar-refractivity contribution in [2.24, 2.45) is 23.3 Å². The zero-order valence-corrected chi connectivity index (χ0v) is 50.5. The number of nitrogens with one attached hydrogen (secondary N) is 9. The van der Waals surface area contributed by atoms with Crippen LogP contribution in [0, 0.1) is 11.8 Å². The number of phenols is 1. The molecule has 30 nitrogen and oxygen atoms in total. The van der Waals surface area contributed by atoms with Crippen LogP contribution in [-0.2, 0) is 81.6 Å². The summed E-state index contributed by atoms with van der Waals surface area (Å²) in [7, 11) is 0. The normalized spacial score (nSPS) is 16.2. The molecule has 1 fully saturated rings. The molecule has 0 spiro atoms. The molecular weight excluding hydrogens is 1180 g/mol. The van der Waals surface area contributed by atoms with Gasteiger partial charge in [0.25, 0.3) is 0 Å². The molecule has 0 aliphatic carbocycles. The molecular formula is C60H82N12O18. The Morgan fingerprint density at radius 2 is 1.06 bits per heavy atom. The van der Waals surface area contributed by atoms with E-state index in [0.29, 0.717) is 23.1 Å². The first-order chi connectivity index (χ1) is 42.5. The Morgan fingerprint density at radius 1 is 0.556 bits per heavy atom. The van der Waals surface area contributed by atoms with Crippen molar-refractivity contribution in [2.45, 2.75) is 153 Å². The van der Waals surface area contributed by atoms with Crippen LogP contribution in [0.25, 0.3) is 0 Å². The van der Waals surface area contributed by atoms with E-state index < -0.39 is 188 Å². The molecule has 0 aromatic heterocycles. The highest BCUT2D eigenvalue weighted by Crippen LogP contribution is 2.22. The Morgan fingerprint density at radius 3 is 1.59 bits per heavy atom. The van der Waals surface area contributed by atoms with Crippen LogP contribution in [0.1, 0.15) is 83.4 Å². The molecule has 1 aliphatic heterocycles. The minimum Gasteiger partial charge on any atom is -0.508 e. The second kappa shape index (κ2) is 35.4. The van der Waals surface area contributed by atoms with Gasteiger partial charge in [0.05, 0.1) is 31.7 Å². The molecule has 1 aliphatic rings. The Hall–Kier alpha value is -9.55. The number of aliphatic hydroxyl groups excluding tert-OH is 2. The molecule has 0 saturated carbocycles. The Kier molecular flexibility index (Phi) is 28.7. The number of nitrogens with zero attached hydrogens (tertiary/aromatic N) is 1. The Labute approximate surface area is 518 Å². The minimum atomic E-state index is -1.84. The van der Waals surface area contributed by atoms with Crippen LogP contribution in [0.15, 0.2) is 84.9 Å². The summed E-state index contributed by atoms with van der Waals surface area (Å²) in [5, 5.41) is 71.4. The van der Waals surface area contributed by atoms with Gasteiger partial charge in [-0.1, -0.05) is 100 Å². The molecule has 18 N–H and O–H groups in total. The van der Waals surface area contributed by atoms with Crippen LogP contribution in [0.2, 0.25) is 0 Å². The molecule has 1 heterocycles. The van der Waals surface area contributed by atoms with E-state index in [1.165, 1.54) is 30.9 Å². The van der Waals surface area contributed by atoms with Gasteiger partial charge in [-0.3, -0.25) is 57.5 Å². The number of rotatable bonds is 35. The number of nitrogens with two attached hydrogens (primary N) is 2. The standard InChI is InChI=1S/C60H82N12O18/c1-31(2)48(69-54(83)41(28-45(62)76)67-58(87)50(33(5)74)71-56(85)44-17-12-24-72(44)59(88)49(32(3)4)70-51(80)38(61)25-36-18-20-37(75)21-19-36)57(86)63-29-46(77)64-43(30-73)55(84)65-39(22-23-47(78)79)52(81)66-40(26-34-13-8-6-9-14-34)53(82)68-42(60(89)90)27-35-15-10-7-11-16-35/h6-11,13-16,18-21,31-33,38-44,48-50,73-75H,12,17,22-30,61H2,1-5H3,(H2,62,76)(H,63,86)(H,64,77)(H,65,84)(H,66,81)(H,67,87)(H,68,82)(H,69,83)(H,70,80)(H,71,85)(H,78,79)(H,89,90)/t33-,38+,39+,40+,41+,42+,43+,44+,48+,49+,50+/m1/s1. The summed E-state index contributed by atoms with van der Waals surface area (Å²) in [5.74, 6) is -15.0. The Bertz CT molecular complexity index is 3010. The molecule has 0 radical (unpaired) electrons. The summed E-state index contributed by atoms with van der Waals surface area (Å²) in [6.07, 6.45) is -3.57. The van der Waals surface area contributed by atoms with Crippen LogP contribution in [0.3, 0.4) is 0 Å². The number of hydrogen-bond acceptors (Lipinski definition) is 17. The van der Waals surface area contributed by atoms with E-state index in [2.05, 4.69) is 47.9 Å². The van der Waals surface area contributed by atoms with Gasteiger partial charge in [-0.25, -0.2) is 4.79 Å². The number of phenolic OH excluding ortho intramolecular Hbond substituents is 1. The highest BCUT2D eigenvalue weighted by molar-refractivity contribution is 6.00. The summed E-state index contributed by atoms with van der Waals surface area (Å²) < 4.78 is 0. The number of benzene rings is 3. The number of carbonyl (C=O) groups excluding carboxylic acids is 11. The maximum Gasteiger partial charge on any atom is 0.326 e. The van der Waals surface area contributed by atoms with Crippen molar-refractivity contribution in [3.8, 4) is 5.75 Å². The predicted molar refractivity (Wildman–Crippen MR) is 320 cm³/mol. The maximum atomic E-state index is 14.0. The average molecular weight is 1260 g/mol. The molecule has 0 bridgehead atoms. The molecule has 1 saturated heterocycles. The number of carbonyl (C=O) groups is 13. The van der Waals surface area contributed by atoms with Crippen molar-refractivity contribution in [1.82, 2.24) is 52.8 Å². The zero-order valence-electron chi connectivity index (χ0n) is 50.5. The number of amides is 11. The lowest BCUT2D eigenvalue weighted by molar-refractivity contribution is -0.143. The van der Waals surface area contributed by atoms with Crippen LogP contribution in [0.4, 0.5) is 0 Å². The quantitative estimate of drug-likeness (QED) is 0.0269. The molecule has 11 amide bonds. The lowest BCUT2D eigenvalue weighted by Crippen LogP contribution is -2.62. The van der Waals surface area contributed by atoms with Gasteiger partial charge in [-0.2, -0.15) is 0 Å². The first-order valence-corrected chi connectivity index (χ1v) is 29.1. The molecule has 30 heteroatoms. The van der Waals surface area contributed by atoms with Gasteiger partial charge in [-0.05, 0) is 73.3 Å². The fraction of sp³-hybridized carbons (Fsp3) is 0.483. The second-order valence-corrected chi connectivity index (χ2v) is 22.4. The van der Waals surface area contributed by atoms with Crippen molar-refractivity contribution in [3.05, 3.63) is 102 Å². The number of aliphatic hydroxyl groups is 2. The van der Waals surface area contributed by atoms with Gasteiger partial charge < -0.3 is 89.8 Å². The van der Waals surface area contributed by atoms with Crippen LogP contribution >= 0.6 is 0 Å². The number of likely N-dealkylation sites (tertiary alicyclic amines) is 1. The van der Waals surface area contributed by atoms with Crippen molar-refractivity contribution < 1.29 is 87.9 Å². The maximum absolute atomic E-state index is 14.0. The number of aromatic hydroxyl groups is 1. The van der Waals surface area contributed by atoms with E-state index in [1.807, 2.05) is 0 Å².